The quantitative estimate of drug-likeness (QED) is 0.776. The monoisotopic (exact) mass is 246 g/mol. The molecule has 0 spiro atoms. The second-order valence-corrected chi connectivity index (χ2v) is 3.88. The summed E-state index contributed by atoms with van der Waals surface area (Å²) in [5, 5.41) is 9.71. The molecule has 3 heteroatoms. The van der Waals surface area contributed by atoms with Crippen LogP contribution in [0.25, 0.3) is 10.9 Å². The molecule has 0 aliphatic heterocycles. The van der Waals surface area contributed by atoms with Crippen LogP contribution >= 0.6 is 15.9 Å². The fourth-order valence-electron chi connectivity index (χ4n) is 1.42. The molecule has 0 bridgehead atoms. The Morgan fingerprint density at radius 1 is 1.36 bits per heavy atom. The zero-order chi connectivity index (χ0) is 9.97. The number of fused-ring (bicyclic) bond motifs is 1. The molecular formula is C11H7BrN2. The van der Waals surface area contributed by atoms with Gasteiger partial charge >= 0.3 is 0 Å². The van der Waals surface area contributed by atoms with E-state index in [1.807, 2.05) is 24.3 Å². The predicted octanol–water partition coefficient (Wildman–Crippen LogP) is 3.06. The van der Waals surface area contributed by atoms with Crippen molar-refractivity contribution in [3.05, 3.63) is 40.5 Å². The van der Waals surface area contributed by atoms with Crippen LogP contribution in [0.5, 0.6) is 0 Å². The minimum Gasteiger partial charge on any atom is -0.256 e. The van der Waals surface area contributed by atoms with Gasteiger partial charge in [0, 0.05) is 16.1 Å². The van der Waals surface area contributed by atoms with Crippen LogP contribution in [0.1, 0.15) is 5.56 Å². The first-order chi connectivity index (χ1) is 6.81. The van der Waals surface area contributed by atoms with Crippen LogP contribution in [0.4, 0.5) is 0 Å². The summed E-state index contributed by atoms with van der Waals surface area (Å²) in [6.45, 7) is 0. The molecule has 2 rings (SSSR count). The van der Waals surface area contributed by atoms with Crippen molar-refractivity contribution in [1.29, 1.82) is 5.26 Å². The normalized spacial score (nSPS) is 10.0. The molecule has 0 radical (unpaired) electrons. The van der Waals surface area contributed by atoms with Crippen LogP contribution in [0, 0.1) is 11.3 Å². The number of nitrogens with zero attached hydrogens (tertiary/aromatic N) is 2. The fourth-order valence-corrected chi connectivity index (χ4v) is 1.77. The van der Waals surface area contributed by atoms with Gasteiger partial charge in [0.25, 0.3) is 0 Å². The van der Waals surface area contributed by atoms with E-state index in [-0.39, 0.29) is 0 Å². The number of aromatic nitrogens is 1. The summed E-state index contributed by atoms with van der Waals surface area (Å²) in [4.78, 5) is 4.25. The smallest absolute Gasteiger partial charge is 0.0716 e. The van der Waals surface area contributed by atoms with Gasteiger partial charge in [0.15, 0.2) is 0 Å². The van der Waals surface area contributed by atoms with E-state index < -0.39 is 0 Å². The summed E-state index contributed by atoms with van der Waals surface area (Å²) in [6, 6.07) is 9.94. The highest BCUT2D eigenvalue weighted by atomic mass is 79.9. The van der Waals surface area contributed by atoms with Crippen molar-refractivity contribution in [2.24, 2.45) is 0 Å². The number of hydrogen-bond acceptors (Lipinski definition) is 2. The molecule has 0 saturated carbocycles. The first-order valence-electron chi connectivity index (χ1n) is 4.21. The fraction of sp³-hybridized carbons (Fsp3) is 0.0909. The highest BCUT2D eigenvalue weighted by Gasteiger charge is 2.01. The van der Waals surface area contributed by atoms with Crippen LogP contribution in [0.2, 0.25) is 0 Å². The highest BCUT2D eigenvalue weighted by molar-refractivity contribution is 9.10. The van der Waals surface area contributed by atoms with Crippen molar-refractivity contribution in [1.82, 2.24) is 4.98 Å². The van der Waals surface area contributed by atoms with E-state index >= 15 is 0 Å². The molecule has 0 saturated heterocycles. The van der Waals surface area contributed by atoms with Gasteiger partial charge in [0.1, 0.15) is 0 Å². The lowest BCUT2D eigenvalue weighted by Crippen LogP contribution is -1.86. The number of benzene rings is 1. The second kappa shape index (κ2) is 3.77. The minimum atomic E-state index is 0.431. The molecule has 68 valence electrons. The molecule has 0 amide bonds. The van der Waals surface area contributed by atoms with Crippen LogP contribution in [0.15, 0.2) is 34.9 Å². The Labute approximate surface area is 90.3 Å². The summed E-state index contributed by atoms with van der Waals surface area (Å²) in [5.41, 5.74) is 1.96. The maximum Gasteiger partial charge on any atom is 0.0716 e. The van der Waals surface area contributed by atoms with Gasteiger partial charge < -0.3 is 0 Å². The van der Waals surface area contributed by atoms with Gasteiger partial charge in [-0.15, -0.1) is 0 Å². The van der Waals surface area contributed by atoms with E-state index in [0.29, 0.717) is 6.42 Å². The topological polar surface area (TPSA) is 36.7 Å². The van der Waals surface area contributed by atoms with Crippen molar-refractivity contribution >= 4 is 26.8 Å². The summed E-state index contributed by atoms with van der Waals surface area (Å²) in [7, 11) is 0. The van der Waals surface area contributed by atoms with Gasteiger partial charge in [0.05, 0.1) is 18.0 Å². The Hall–Kier alpha value is -1.40. The van der Waals surface area contributed by atoms with Gasteiger partial charge in [-0.1, -0.05) is 22.0 Å². The van der Waals surface area contributed by atoms with Crippen LogP contribution < -0.4 is 0 Å². The van der Waals surface area contributed by atoms with Crippen molar-refractivity contribution < 1.29 is 0 Å². The molecule has 0 aliphatic carbocycles. The minimum absolute atomic E-state index is 0.431. The standard InChI is InChI=1S/C11H7BrN2/c12-9-1-2-10-8(3-5-13)4-6-14-11(10)7-9/h1-2,4,6-7H,3H2. The third-order valence-corrected chi connectivity index (χ3v) is 2.56. The average Bonchev–Trinajstić information content (AvgIpc) is 2.18. The van der Waals surface area contributed by atoms with Crippen molar-refractivity contribution in [3.63, 3.8) is 0 Å². The average molecular weight is 247 g/mol. The van der Waals surface area contributed by atoms with Gasteiger partial charge in [-0.05, 0) is 23.8 Å². The molecule has 0 fully saturated rings. The Balaban J connectivity index is 2.70. The van der Waals surface area contributed by atoms with Gasteiger partial charge in [-0.25, -0.2) is 0 Å². The van der Waals surface area contributed by atoms with E-state index in [1.165, 1.54) is 0 Å². The largest absolute Gasteiger partial charge is 0.256 e. The SMILES string of the molecule is N#CCc1ccnc2cc(Br)ccc12. The van der Waals surface area contributed by atoms with E-state index in [2.05, 4.69) is 27.0 Å². The van der Waals surface area contributed by atoms with Crippen LogP contribution in [-0.2, 0) is 6.42 Å². The maximum absolute atomic E-state index is 8.65. The van der Waals surface area contributed by atoms with Crippen LogP contribution in [-0.4, -0.2) is 4.98 Å². The van der Waals surface area contributed by atoms with Crippen molar-refractivity contribution in [2.45, 2.75) is 6.42 Å². The molecule has 1 aromatic heterocycles. The van der Waals surface area contributed by atoms with Crippen molar-refractivity contribution in [2.75, 3.05) is 0 Å². The first kappa shape index (κ1) is 9.17. The number of hydrogen-bond donors (Lipinski definition) is 0. The number of halogens is 1. The van der Waals surface area contributed by atoms with Crippen LogP contribution in [0.3, 0.4) is 0 Å². The summed E-state index contributed by atoms with van der Waals surface area (Å²) < 4.78 is 1.01. The Kier molecular flexibility index (Phi) is 2.47. The molecule has 0 N–H and O–H groups in total. The summed E-state index contributed by atoms with van der Waals surface area (Å²) in [5.74, 6) is 0. The molecule has 0 unspecified atom stereocenters. The van der Waals surface area contributed by atoms with E-state index in [1.54, 1.807) is 6.20 Å². The third-order valence-electron chi connectivity index (χ3n) is 2.06. The molecule has 1 heterocycles. The lowest BCUT2D eigenvalue weighted by molar-refractivity contribution is 1.26. The maximum atomic E-state index is 8.65. The highest BCUT2D eigenvalue weighted by Crippen LogP contribution is 2.21. The van der Waals surface area contributed by atoms with Gasteiger partial charge in [-0.3, -0.25) is 4.98 Å². The summed E-state index contributed by atoms with van der Waals surface area (Å²) in [6.07, 6.45) is 2.17. The Morgan fingerprint density at radius 2 is 2.21 bits per heavy atom. The zero-order valence-electron chi connectivity index (χ0n) is 7.37. The Bertz CT molecular complexity index is 514. The zero-order valence-corrected chi connectivity index (χ0v) is 8.95. The number of pyridine rings is 1. The molecule has 14 heavy (non-hydrogen) atoms. The molecule has 0 aliphatic rings. The summed E-state index contributed by atoms with van der Waals surface area (Å²) >= 11 is 3.39. The second-order valence-electron chi connectivity index (χ2n) is 2.97. The lowest BCUT2D eigenvalue weighted by Gasteiger charge is -2.01. The lowest BCUT2D eigenvalue weighted by atomic mass is 10.1. The molecule has 0 atom stereocenters. The molecular weight excluding hydrogens is 240 g/mol. The van der Waals surface area contributed by atoms with E-state index in [4.69, 9.17) is 5.26 Å². The van der Waals surface area contributed by atoms with E-state index in [0.717, 1.165) is 20.9 Å². The molecule has 2 aromatic rings. The van der Waals surface area contributed by atoms with E-state index in [9.17, 15) is 0 Å². The predicted molar refractivity (Wildman–Crippen MR) is 58.8 cm³/mol. The molecule has 1 aromatic carbocycles. The number of rotatable bonds is 1. The first-order valence-corrected chi connectivity index (χ1v) is 5.00. The van der Waals surface area contributed by atoms with Gasteiger partial charge in [-0.2, -0.15) is 5.26 Å². The van der Waals surface area contributed by atoms with Gasteiger partial charge in [0.2, 0.25) is 0 Å². The Morgan fingerprint density at radius 3 is 3.00 bits per heavy atom. The third kappa shape index (κ3) is 1.61. The van der Waals surface area contributed by atoms with Crippen molar-refractivity contribution in [3.8, 4) is 6.07 Å². The molecule has 2 nitrogen and oxygen atoms in total. The number of nitriles is 1.